The van der Waals surface area contributed by atoms with Crippen LogP contribution in [0, 0.1) is 0 Å². The van der Waals surface area contributed by atoms with Crippen LogP contribution in [-0.4, -0.2) is 26.1 Å². The van der Waals surface area contributed by atoms with Crippen molar-refractivity contribution in [3.8, 4) is 5.75 Å². The highest BCUT2D eigenvalue weighted by Gasteiger charge is 2.11. The molecule has 2 aromatic carbocycles. The fourth-order valence-electron chi connectivity index (χ4n) is 2.50. The van der Waals surface area contributed by atoms with Crippen LogP contribution in [0.3, 0.4) is 0 Å². The molecule has 5 nitrogen and oxygen atoms in total. The molecule has 0 aliphatic heterocycles. The van der Waals surface area contributed by atoms with Crippen molar-refractivity contribution >= 4 is 18.0 Å². The number of carbonyl (C=O) groups excluding carboxylic acids is 2. The van der Waals surface area contributed by atoms with E-state index in [1.165, 1.54) is 13.2 Å². The Kier molecular flexibility index (Phi) is 6.97. The second-order valence-corrected chi connectivity index (χ2v) is 5.69. The Balaban J connectivity index is 1.99. The van der Waals surface area contributed by atoms with Crippen molar-refractivity contribution < 1.29 is 19.1 Å². The van der Waals surface area contributed by atoms with Gasteiger partial charge in [-0.1, -0.05) is 31.2 Å². The van der Waals surface area contributed by atoms with E-state index in [1.54, 1.807) is 37.5 Å². The average molecular weight is 353 g/mol. The number of ether oxygens (including phenoxy) is 2. The molecular weight excluding hydrogens is 330 g/mol. The molecule has 2 aromatic rings. The zero-order chi connectivity index (χ0) is 18.9. The number of methoxy groups -OCH3 is 2. The van der Waals surface area contributed by atoms with Gasteiger partial charge in [0.05, 0.1) is 25.8 Å². The molecule has 0 bridgehead atoms. The van der Waals surface area contributed by atoms with Gasteiger partial charge >= 0.3 is 5.97 Å². The van der Waals surface area contributed by atoms with Crippen LogP contribution in [-0.2, 0) is 9.53 Å². The zero-order valence-electron chi connectivity index (χ0n) is 15.2. The molecule has 0 heterocycles. The first-order chi connectivity index (χ1) is 12.6. The van der Waals surface area contributed by atoms with Crippen LogP contribution in [0.25, 0.3) is 6.08 Å². The topological polar surface area (TPSA) is 64.6 Å². The largest absolute Gasteiger partial charge is 0.497 e. The van der Waals surface area contributed by atoms with Crippen molar-refractivity contribution in [1.82, 2.24) is 5.32 Å². The minimum Gasteiger partial charge on any atom is -0.497 e. The van der Waals surface area contributed by atoms with E-state index in [-0.39, 0.29) is 17.9 Å². The monoisotopic (exact) mass is 353 g/mol. The van der Waals surface area contributed by atoms with E-state index < -0.39 is 0 Å². The highest BCUT2D eigenvalue weighted by molar-refractivity contribution is 5.92. The summed E-state index contributed by atoms with van der Waals surface area (Å²) in [7, 11) is 2.96. The first kappa shape index (κ1) is 19.2. The quantitative estimate of drug-likeness (QED) is 0.608. The van der Waals surface area contributed by atoms with Gasteiger partial charge in [-0.2, -0.15) is 0 Å². The number of benzene rings is 2. The van der Waals surface area contributed by atoms with Crippen LogP contribution in [0.1, 0.15) is 40.9 Å². The summed E-state index contributed by atoms with van der Waals surface area (Å²) in [6.07, 6.45) is 3.97. The first-order valence-electron chi connectivity index (χ1n) is 8.38. The lowest BCUT2D eigenvalue weighted by molar-refractivity contribution is -0.117. The van der Waals surface area contributed by atoms with Crippen molar-refractivity contribution in [2.24, 2.45) is 0 Å². The molecule has 0 aliphatic carbocycles. The van der Waals surface area contributed by atoms with Gasteiger partial charge < -0.3 is 14.8 Å². The first-order valence-corrected chi connectivity index (χ1v) is 8.38. The van der Waals surface area contributed by atoms with Gasteiger partial charge in [0.25, 0.3) is 0 Å². The van der Waals surface area contributed by atoms with Crippen LogP contribution in [0.5, 0.6) is 5.75 Å². The average Bonchev–Trinajstić information content (AvgIpc) is 2.70. The van der Waals surface area contributed by atoms with E-state index in [1.807, 2.05) is 31.2 Å². The molecule has 0 aliphatic rings. The second-order valence-electron chi connectivity index (χ2n) is 5.69. The Morgan fingerprint density at radius 3 is 2.23 bits per heavy atom. The molecule has 5 heteroatoms. The van der Waals surface area contributed by atoms with Gasteiger partial charge in [0, 0.05) is 6.08 Å². The Morgan fingerprint density at radius 2 is 1.69 bits per heavy atom. The van der Waals surface area contributed by atoms with Crippen molar-refractivity contribution in [2.75, 3.05) is 14.2 Å². The molecule has 0 spiro atoms. The van der Waals surface area contributed by atoms with Crippen molar-refractivity contribution in [1.29, 1.82) is 0 Å². The van der Waals surface area contributed by atoms with Gasteiger partial charge in [-0.15, -0.1) is 0 Å². The van der Waals surface area contributed by atoms with Crippen LogP contribution < -0.4 is 10.1 Å². The molecule has 26 heavy (non-hydrogen) atoms. The molecule has 0 aromatic heterocycles. The third-order valence-electron chi connectivity index (χ3n) is 4.00. The Bertz CT molecular complexity index is 764. The third kappa shape index (κ3) is 5.21. The summed E-state index contributed by atoms with van der Waals surface area (Å²) in [5, 5.41) is 2.99. The van der Waals surface area contributed by atoms with Crippen LogP contribution in [0.15, 0.2) is 54.6 Å². The standard InChI is InChI=1S/C21H23NO4/c1-4-19(16-10-12-18(25-2)13-11-16)22-20(23)14-7-15-5-8-17(9-6-15)21(24)26-3/h5-14,19H,4H2,1-3H3,(H,22,23)/b14-7+/t19-/m0/s1. The normalized spacial score (nSPS) is 11.8. The Labute approximate surface area is 153 Å². The van der Waals surface area contributed by atoms with E-state index in [0.29, 0.717) is 5.56 Å². The zero-order valence-corrected chi connectivity index (χ0v) is 15.2. The molecule has 0 saturated carbocycles. The highest BCUT2D eigenvalue weighted by Crippen LogP contribution is 2.20. The molecule has 0 unspecified atom stereocenters. The molecule has 1 N–H and O–H groups in total. The maximum absolute atomic E-state index is 12.2. The van der Waals surface area contributed by atoms with Gasteiger partial charge in [0.2, 0.25) is 5.91 Å². The summed E-state index contributed by atoms with van der Waals surface area (Å²) < 4.78 is 9.81. The van der Waals surface area contributed by atoms with Gasteiger partial charge in [-0.05, 0) is 47.9 Å². The summed E-state index contributed by atoms with van der Waals surface area (Å²) in [6, 6.07) is 14.4. The van der Waals surface area contributed by atoms with Crippen LogP contribution in [0.4, 0.5) is 0 Å². The van der Waals surface area contributed by atoms with E-state index in [9.17, 15) is 9.59 Å². The predicted octanol–water partition coefficient (Wildman–Crippen LogP) is 3.76. The second kappa shape index (κ2) is 9.42. The number of rotatable bonds is 7. The number of carbonyl (C=O) groups is 2. The summed E-state index contributed by atoms with van der Waals surface area (Å²) in [5.74, 6) is 0.221. The Hall–Kier alpha value is -3.08. The van der Waals surface area contributed by atoms with E-state index in [4.69, 9.17) is 4.74 Å². The van der Waals surface area contributed by atoms with Gasteiger partial charge in [0.15, 0.2) is 0 Å². The fraction of sp³-hybridized carbons (Fsp3) is 0.238. The van der Waals surface area contributed by atoms with Crippen molar-refractivity contribution in [3.63, 3.8) is 0 Å². The minimum absolute atomic E-state index is 0.0697. The maximum Gasteiger partial charge on any atom is 0.337 e. The molecule has 0 radical (unpaired) electrons. The predicted molar refractivity (Wildman–Crippen MR) is 101 cm³/mol. The van der Waals surface area contributed by atoms with Gasteiger partial charge in [0.1, 0.15) is 5.75 Å². The maximum atomic E-state index is 12.2. The van der Waals surface area contributed by atoms with E-state index in [0.717, 1.165) is 23.3 Å². The molecule has 0 fully saturated rings. The highest BCUT2D eigenvalue weighted by atomic mass is 16.5. The molecular formula is C21H23NO4. The lowest BCUT2D eigenvalue weighted by Gasteiger charge is -2.16. The Morgan fingerprint density at radius 1 is 1.04 bits per heavy atom. The summed E-state index contributed by atoms with van der Waals surface area (Å²) in [5.41, 5.74) is 2.32. The summed E-state index contributed by atoms with van der Waals surface area (Å²) in [4.78, 5) is 23.6. The SMILES string of the molecule is CC[C@H](NC(=O)/C=C/c1ccc(C(=O)OC)cc1)c1ccc(OC)cc1. The molecule has 1 atom stereocenters. The van der Waals surface area contributed by atoms with Crippen molar-refractivity contribution in [2.45, 2.75) is 19.4 Å². The number of amides is 1. The number of hydrogen-bond donors (Lipinski definition) is 1. The van der Waals surface area contributed by atoms with E-state index >= 15 is 0 Å². The fourth-order valence-corrected chi connectivity index (χ4v) is 2.50. The molecule has 0 saturated heterocycles. The number of nitrogens with one attached hydrogen (secondary N) is 1. The minimum atomic E-state index is -0.386. The van der Waals surface area contributed by atoms with Crippen molar-refractivity contribution in [3.05, 3.63) is 71.3 Å². The summed E-state index contributed by atoms with van der Waals surface area (Å²) >= 11 is 0. The van der Waals surface area contributed by atoms with Crippen LogP contribution in [0.2, 0.25) is 0 Å². The van der Waals surface area contributed by atoms with E-state index in [2.05, 4.69) is 10.1 Å². The van der Waals surface area contributed by atoms with Gasteiger partial charge in [-0.3, -0.25) is 4.79 Å². The smallest absolute Gasteiger partial charge is 0.337 e. The lowest BCUT2D eigenvalue weighted by Crippen LogP contribution is -2.26. The number of hydrogen-bond acceptors (Lipinski definition) is 4. The number of esters is 1. The van der Waals surface area contributed by atoms with Gasteiger partial charge in [-0.25, -0.2) is 4.79 Å². The third-order valence-corrected chi connectivity index (χ3v) is 4.00. The summed E-state index contributed by atoms with van der Waals surface area (Å²) in [6.45, 7) is 2.02. The molecule has 1 amide bonds. The van der Waals surface area contributed by atoms with Crippen LogP contribution >= 0.6 is 0 Å². The molecule has 2 rings (SSSR count). The molecule has 136 valence electrons. The lowest BCUT2D eigenvalue weighted by atomic mass is 10.0.